The Morgan fingerprint density at radius 2 is 1.84 bits per heavy atom. The SMILES string of the molecule is CC(N)Cc1c(C(C)C)cc2c(c1C(C)C)O[C@H](C(=O)OC(=O)O)O2. The van der Waals surface area contributed by atoms with Gasteiger partial charge < -0.3 is 25.1 Å². The number of carbonyl (C=O) groups is 2. The Morgan fingerprint density at radius 3 is 2.32 bits per heavy atom. The van der Waals surface area contributed by atoms with E-state index in [2.05, 4.69) is 18.6 Å². The number of rotatable bonds is 5. The fourth-order valence-corrected chi connectivity index (χ4v) is 3.08. The van der Waals surface area contributed by atoms with Gasteiger partial charge in [0.05, 0.1) is 0 Å². The molecule has 1 aliphatic rings. The van der Waals surface area contributed by atoms with Gasteiger partial charge in [-0.25, -0.2) is 9.59 Å². The summed E-state index contributed by atoms with van der Waals surface area (Å²) in [4.78, 5) is 22.4. The number of ether oxygens (including phenoxy) is 3. The number of hydrogen-bond donors (Lipinski definition) is 2. The highest BCUT2D eigenvalue weighted by Crippen LogP contribution is 2.46. The van der Waals surface area contributed by atoms with E-state index in [4.69, 9.17) is 20.3 Å². The van der Waals surface area contributed by atoms with Crippen LogP contribution >= 0.6 is 0 Å². The van der Waals surface area contributed by atoms with Crippen molar-refractivity contribution < 1.29 is 28.9 Å². The molecule has 2 rings (SSSR count). The van der Waals surface area contributed by atoms with Gasteiger partial charge in [0, 0.05) is 11.6 Å². The van der Waals surface area contributed by atoms with Gasteiger partial charge in [0.1, 0.15) is 0 Å². The third kappa shape index (κ3) is 4.04. The maximum Gasteiger partial charge on any atom is 0.513 e. The Bertz CT molecular complexity index is 681. The molecular weight excluding hydrogens is 326 g/mol. The normalized spacial score (nSPS) is 17.0. The molecule has 1 aromatic rings. The monoisotopic (exact) mass is 351 g/mol. The molecule has 0 amide bonds. The lowest BCUT2D eigenvalue weighted by atomic mass is 9.85. The molecule has 0 fully saturated rings. The second-order valence-electron chi connectivity index (χ2n) is 6.93. The van der Waals surface area contributed by atoms with Crippen molar-refractivity contribution in [1.82, 2.24) is 0 Å². The molecular formula is C18H25NO6. The van der Waals surface area contributed by atoms with Crippen molar-refractivity contribution in [2.24, 2.45) is 5.73 Å². The highest BCUT2D eigenvalue weighted by molar-refractivity contribution is 5.84. The predicted molar refractivity (Wildman–Crippen MR) is 91.1 cm³/mol. The van der Waals surface area contributed by atoms with Crippen LogP contribution in [0.25, 0.3) is 0 Å². The first kappa shape index (κ1) is 19.1. The van der Waals surface area contributed by atoms with Crippen molar-refractivity contribution in [2.45, 2.75) is 65.2 Å². The van der Waals surface area contributed by atoms with Gasteiger partial charge in [0.25, 0.3) is 0 Å². The summed E-state index contributed by atoms with van der Waals surface area (Å²) >= 11 is 0. The Balaban J connectivity index is 2.51. The van der Waals surface area contributed by atoms with Crippen LogP contribution in [0.1, 0.15) is 63.1 Å². The molecule has 0 spiro atoms. The molecule has 25 heavy (non-hydrogen) atoms. The van der Waals surface area contributed by atoms with Crippen LogP contribution in [0.3, 0.4) is 0 Å². The van der Waals surface area contributed by atoms with Crippen molar-refractivity contribution >= 4 is 12.1 Å². The highest BCUT2D eigenvalue weighted by atomic mass is 16.8. The Hall–Kier alpha value is -2.28. The number of benzene rings is 1. The van der Waals surface area contributed by atoms with E-state index >= 15 is 0 Å². The summed E-state index contributed by atoms with van der Waals surface area (Å²) in [5.74, 6) is 0.123. The molecule has 3 N–H and O–H groups in total. The van der Waals surface area contributed by atoms with Gasteiger partial charge in [-0.15, -0.1) is 0 Å². The lowest BCUT2D eigenvalue weighted by Gasteiger charge is -2.22. The number of carbonyl (C=O) groups excluding carboxylic acids is 1. The number of esters is 1. The molecule has 1 unspecified atom stereocenters. The molecule has 1 heterocycles. The van der Waals surface area contributed by atoms with Crippen LogP contribution < -0.4 is 15.2 Å². The number of carboxylic acid groups (broad SMARTS) is 1. The maximum absolute atomic E-state index is 11.8. The molecule has 1 aromatic carbocycles. The van der Waals surface area contributed by atoms with Crippen molar-refractivity contribution in [1.29, 1.82) is 0 Å². The summed E-state index contributed by atoms with van der Waals surface area (Å²) in [6, 6.07) is 1.81. The summed E-state index contributed by atoms with van der Waals surface area (Å²) in [5, 5.41) is 8.60. The quantitative estimate of drug-likeness (QED) is 0.619. The minimum Gasteiger partial charge on any atom is -0.449 e. The second-order valence-corrected chi connectivity index (χ2v) is 6.93. The first-order valence-electron chi connectivity index (χ1n) is 8.35. The zero-order chi connectivity index (χ0) is 18.9. The second kappa shape index (κ2) is 7.31. The van der Waals surface area contributed by atoms with Crippen LogP contribution in [0, 0.1) is 0 Å². The first-order valence-corrected chi connectivity index (χ1v) is 8.35. The van der Waals surface area contributed by atoms with E-state index in [-0.39, 0.29) is 17.9 Å². The third-order valence-electron chi connectivity index (χ3n) is 3.99. The maximum atomic E-state index is 11.8. The van der Waals surface area contributed by atoms with E-state index in [1.165, 1.54) is 0 Å². The molecule has 0 aromatic heterocycles. The zero-order valence-electron chi connectivity index (χ0n) is 15.2. The van der Waals surface area contributed by atoms with Crippen LogP contribution in [0.5, 0.6) is 11.5 Å². The third-order valence-corrected chi connectivity index (χ3v) is 3.99. The molecule has 2 atom stereocenters. The fourth-order valence-electron chi connectivity index (χ4n) is 3.08. The van der Waals surface area contributed by atoms with Gasteiger partial charge in [0.15, 0.2) is 11.5 Å². The molecule has 138 valence electrons. The van der Waals surface area contributed by atoms with Crippen molar-refractivity contribution in [3.8, 4) is 11.5 Å². The Kier molecular flexibility index (Phi) is 5.57. The van der Waals surface area contributed by atoms with Crippen LogP contribution in [0.4, 0.5) is 4.79 Å². The fraction of sp³-hybridized carbons (Fsp3) is 0.556. The topological polar surface area (TPSA) is 108 Å². The summed E-state index contributed by atoms with van der Waals surface area (Å²) in [7, 11) is 0. The predicted octanol–water partition coefficient (Wildman–Crippen LogP) is 3.14. The van der Waals surface area contributed by atoms with Crippen molar-refractivity contribution in [2.75, 3.05) is 0 Å². The molecule has 7 nitrogen and oxygen atoms in total. The Labute approximate surface area is 147 Å². The van der Waals surface area contributed by atoms with Gasteiger partial charge in [-0.2, -0.15) is 0 Å². The lowest BCUT2D eigenvalue weighted by Crippen LogP contribution is -2.32. The standard InChI is InChI=1S/C18H25NO6/c1-8(2)11-7-13-15(14(9(3)4)12(11)6-10(5)19)24-17(23-13)16(20)25-18(21)22/h7-10,17H,6,19H2,1-5H3,(H,21,22)/t10?,17-/m1/s1. The zero-order valence-corrected chi connectivity index (χ0v) is 15.2. The van der Waals surface area contributed by atoms with Crippen LogP contribution in [-0.4, -0.2) is 29.6 Å². The van der Waals surface area contributed by atoms with Crippen molar-refractivity contribution in [3.63, 3.8) is 0 Å². The van der Waals surface area contributed by atoms with Crippen LogP contribution in [0.2, 0.25) is 0 Å². The number of hydrogen-bond acceptors (Lipinski definition) is 6. The molecule has 0 aliphatic carbocycles. The van der Waals surface area contributed by atoms with Crippen molar-refractivity contribution in [3.05, 3.63) is 22.8 Å². The van der Waals surface area contributed by atoms with E-state index in [1.54, 1.807) is 0 Å². The van der Waals surface area contributed by atoms with E-state index in [0.717, 1.165) is 16.7 Å². The number of fused-ring (bicyclic) bond motifs is 1. The van der Waals surface area contributed by atoms with Gasteiger partial charge in [-0.3, -0.25) is 0 Å². The molecule has 0 saturated heterocycles. The van der Waals surface area contributed by atoms with E-state index < -0.39 is 18.4 Å². The number of nitrogens with two attached hydrogens (primary N) is 1. The lowest BCUT2D eigenvalue weighted by molar-refractivity contribution is -0.156. The Morgan fingerprint density at radius 1 is 1.20 bits per heavy atom. The summed E-state index contributed by atoms with van der Waals surface area (Å²) in [6.07, 6.45) is -2.45. The summed E-state index contributed by atoms with van der Waals surface area (Å²) in [5.41, 5.74) is 9.13. The van der Waals surface area contributed by atoms with E-state index in [9.17, 15) is 9.59 Å². The van der Waals surface area contributed by atoms with E-state index in [1.807, 2.05) is 26.8 Å². The molecule has 1 aliphatic heterocycles. The average molecular weight is 351 g/mol. The smallest absolute Gasteiger partial charge is 0.449 e. The highest BCUT2D eigenvalue weighted by Gasteiger charge is 2.37. The minimum absolute atomic E-state index is 0.0388. The molecule has 0 bridgehead atoms. The van der Waals surface area contributed by atoms with E-state index in [0.29, 0.717) is 17.9 Å². The average Bonchev–Trinajstić information content (AvgIpc) is 2.87. The van der Waals surface area contributed by atoms with Gasteiger partial charge in [-0.1, -0.05) is 27.7 Å². The molecule has 0 saturated carbocycles. The largest absolute Gasteiger partial charge is 0.513 e. The summed E-state index contributed by atoms with van der Waals surface area (Å²) < 4.78 is 15.3. The first-order chi connectivity index (χ1) is 11.6. The van der Waals surface area contributed by atoms with Crippen LogP contribution in [0.15, 0.2) is 6.07 Å². The van der Waals surface area contributed by atoms with Gasteiger partial charge in [-0.05, 0) is 42.4 Å². The van der Waals surface area contributed by atoms with Gasteiger partial charge >= 0.3 is 18.4 Å². The summed E-state index contributed by atoms with van der Waals surface area (Å²) in [6.45, 7) is 10.1. The van der Waals surface area contributed by atoms with Gasteiger partial charge in [0.2, 0.25) is 0 Å². The minimum atomic E-state index is -1.70. The van der Waals surface area contributed by atoms with Crippen LogP contribution in [-0.2, 0) is 16.0 Å². The molecule has 0 radical (unpaired) electrons. The molecule has 7 heteroatoms.